The van der Waals surface area contributed by atoms with Crippen LogP contribution in [-0.4, -0.2) is 34.4 Å². The lowest BCUT2D eigenvalue weighted by Gasteiger charge is -2.30. The van der Waals surface area contributed by atoms with E-state index in [4.69, 9.17) is 0 Å². The number of nitrogens with one attached hydrogen (secondary N) is 1. The fraction of sp³-hybridized carbons (Fsp3) is 0.391. The molecule has 0 bridgehead atoms. The van der Waals surface area contributed by atoms with Gasteiger partial charge in [0.25, 0.3) is 6.43 Å². The number of aromatic nitrogens is 1. The van der Waals surface area contributed by atoms with E-state index in [-0.39, 0.29) is 5.56 Å². The minimum atomic E-state index is -2.66. The van der Waals surface area contributed by atoms with E-state index in [1.54, 1.807) is 24.3 Å². The first-order valence-electron chi connectivity index (χ1n) is 10.7. The highest BCUT2D eigenvalue weighted by atomic mass is 79.9. The van der Waals surface area contributed by atoms with Gasteiger partial charge in [0.2, 0.25) is 0 Å². The number of hydrogen-bond donors (Lipinski definition) is 1. The molecule has 1 N–H and O–H groups in total. The number of fused-ring (bicyclic) bond motifs is 1. The Morgan fingerprint density at radius 1 is 1.03 bits per heavy atom. The fourth-order valence-electron chi connectivity index (χ4n) is 3.46. The van der Waals surface area contributed by atoms with E-state index in [0.717, 1.165) is 36.3 Å². The van der Waals surface area contributed by atoms with E-state index in [2.05, 4.69) is 42.1 Å². The van der Waals surface area contributed by atoms with Crippen molar-refractivity contribution in [2.75, 3.05) is 31.1 Å². The van der Waals surface area contributed by atoms with Crippen molar-refractivity contribution in [3.8, 4) is 0 Å². The Hall–Kier alpha value is -1.29. The number of alkyl halides is 2. The summed E-state index contributed by atoms with van der Waals surface area (Å²) < 4.78 is 44.0. The van der Waals surface area contributed by atoms with Gasteiger partial charge in [-0.25, -0.2) is 13.0 Å². The predicted molar refractivity (Wildman–Crippen MR) is 138 cm³/mol. The first kappa shape index (κ1) is 27.0. The molecule has 1 unspecified atom stereocenters. The molecule has 176 valence electrons. The summed E-state index contributed by atoms with van der Waals surface area (Å²) in [4.78, 5) is 2.63. The SMILES string of the molecule is CC.CC.O=S(c1ccccc1Br)n1cc(C(F)F)c2c(N3CCNCC3)cc(Br)cc21. The highest BCUT2D eigenvalue weighted by Gasteiger charge is 2.25. The highest BCUT2D eigenvalue weighted by molar-refractivity contribution is 9.10. The minimum Gasteiger partial charge on any atom is -0.368 e. The van der Waals surface area contributed by atoms with E-state index >= 15 is 0 Å². The monoisotopic (exact) mass is 591 g/mol. The second-order valence-corrected chi connectivity index (χ2v) is 9.55. The van der Waals surface area contributed by atoms with Crippen LogP contribution >= 0.6 is 31.9 Å². The Balaban J connectivity index is 0.000000860. The van der Waals surface area contributed by atoms with Crippen molar-refractivity contribution >= 4 is 59.4 Å². The van der Waals surface area contributed by atoms with Crippen molar-refractivity contribution in [3.63, 3.8) is 0 Å². The van der Waals surface area contributed by atoms with E-state index in [1.807, 2.05) is 39.8 Å². The summed E-state index contributed by atoms with van der Waals surface area (Å²) in [5.74, 6) is 0. The number of piperazine rings is 1. The molecule has 1 aliphatic rings. The molecule has 4 rings (SSSR count). The molecule has 32 heavy (non-hydrogen) atoms. The van der Waals surface area contributed by atoms with Crippen LogP contribution in [0.3, 0.4) is 0 Å². The van der Waals surface area contributed by atoms with Gasteiger partial charge < -0.3 is 10.2 Å². The first-order chi connectivity index (χ1) is 15.5. The third-order valence-electron chi connectivity index (χ3n) is 4.74. The molecular formula is C23H29Br2F2N3OS. The van der Waals surface area contributed by atoms with Crippen molar-refractivity contribution in [2.24, 2.45) is 0 Å². The Labute approximate surface area is 208 Å². The van der Waals surface area contributed by atoms with E-state index in [1.165, 1.54) is 10.2 Å². The maximum absolute atomic E-state index is 13.9. The summed E-state index contributed by atoms with van der Waals surface area (Å²) in [5, 5.41) is 3.73. The molecular weight excluding hydrogens is 564 g/mol. The van der Waals surface area contributed by atoms with Gasteiger partial charge in [-0.1, -0.05) is 55.8 Å². The van der Waals surface area contributed by atoms with Gasteiger partial charge in [-0.05, 0) is 40.2 Å². The Morgan fingerprint density at radius 2 is 1.66 bits per heavy atom. The largest absolute Gasteiger partial charge is 0.368 e. The third kappa shape index (κ3) is 5.79. The summed E-state index contributed by atoms with van der Waals surface area (Å²) in [5.41, 5.74) is 1.16. The van der Waals surface area contributed by atoms with Crippen LogP contribution in [0.25, 0.3) is 10.9 Å². The minimum absolute atomic E-state index is 0.101. The predicted octanol–water partition coefficient (Wildman–Crippen LogP) is 7.14. The molecule has 9 heteroatoms. The molecule has 1 atom stereocenters. The lowest BCUT2D eigenvalue weighted by Crippen LogP contribution is -2.43. The molecule has 1 aromatic heterocycles. The zero-order valence-corrected chi connectivity index (χ0v) is 22.7. The molecule has 2 heterocycles. The van der Waals surface area contributed by atoms with Crippen molar-refractivity contribution < 1.29 is 13.0 Å². The summed E-state index contributed by atoms with van der Waals surface area (Å²) >= 11 is 6.91. The quantitative estimate of drug-likeness (QED) is 0.350. The number of rotatable bonds is 4. The Kier molecular flexibility index (Phi) is 10.8. The van der Waals surface area contributed by atoms with Gasteiger partial charge in [0.05, 0.1) is 10.4 Å². The number of hydrogen-bond acceptors (Lipinski definition) is 3. The number of halogens is 4. The van der Waals surface area contributed by atoms with Crippen molar-refractivity contribution in [1.29, 1.82) is 0 Å². The van der Waals surface area contributed by atoms with Gasteiger partial charge in [-0.15, -0.1) is 0 Å². The summed E-state index contributed by atoms with van der Waals surface area (Å²) in [6.45, 7) is 11.0. The lowest BCUT2D eigenvalue weighted by molar-refractivity contribution is 0.153. The molecule has 1 fully saturated rings. The summed E-state index contributed by atoms with van der Waals surface area (Å²) in [6.07, 6.45) is -1.34. The van der Waals surface area contributed by atoms with Gasteiger partial charge in [-0.3, -0.25) is 3.97 Å². The van der Waals surface area contributed by atoms with Crippen molar-refractivity contribution in [1.82, 2.24) is 9.29 Å². The zero-order chi connectivity index (χ0) is 23.8. The van der Waals surface area contributed by atoms with Crippen LogP contribution in [0, 0.1) is 0 Å². The average molecular weight is 593 g/mol. The molecule has 0 aliphatic carbocycles. The molecule has 0 saturated carbocycles. The topological polar surface area (TPSA) is 37.3 Å². The van der Waals surface area contributed by atoms with E-state index < -0.39 is 17.4 Å². The zero-order valence-electron chi connectivity index (χ0n) is 18.7. The number of benzene rings is 2. The van der Waals surface area contributed by atoms with Gasteiger partial charge in [0, 0.05) is 58.0 Å². The smallest absolute Gasteiger partial charge is 0.266 e. The maximum atomic E-state index is 13.9. The molecule has 1 aliphatic heterocycles. The first-order valence-corrected chi connectivity index (χ1v) is 13.4. The maximum Gasteiger partial charge on any atom is 0.266 e. The second-order valence-electron chi connectivity index (χ2n) is 6.45. The molecule has 0 radical (unpaired) electrons. The second kappa shape index (κ2) is 12.8. The van der Waals surface area contributed by atoms with E-state index in [9.17, 15) is 13.0 Å². The van der Waals surface area contributed by atoms with Crippen LogP contribution < -0.4 is 10.2 Å². The Morgan fingerprint density at radius 3 is 2.25 bits per heavy atom. The Bertz CT molecular complexity index is 1050. The molecule has 3 aromatic rings. The third-order valence-corrected chi connectivity index (χ3v) is 7.54. The summed E-state index contributed by atoms with van der Waals surface area (Å²) in [6, 6.07) is 10.7. The van der Waals surface area contributed by atoms with Crippen molar-refractivity contribution in [3.05, 3.63) is 57.1 Å². The van der Waals surface area contributed by atoms with Crippen LogP contribution in [0.5, 0.6) is 0 Å². The van der Waals surface area contributed by atoms with E-state index in [0.29, 0.717) is 20.3 Å². The van der Waals surface area contributed by atoms with Crippen LogP contribution in [-0.2, 0) is 11.0 Å². The lowest BCUT2D eigenvalue weighted by atomic mass is 10.1. The molecule has 0 spiro atoms. The number of anilines is 1. The molecule has 4 nitrogen and oxygen atoms in total. The van der Waals surface area contributed by atoms with Gasteiger partial charge in [0.1, 0.15) is 0 Å². The molecule has 2 aromatic carbocycles. The highest BCUT2D eigenvalue weighted by Crippen LogP contribution is 2.40. The normalized spacial score (nSPS) is 14.5. The summed E-state index contributed by atoms with van der Waals surface area (Å²) in [7, 11) is -1.67. The van der Waals surface area contributed by atoms with Gasteiger partial charge in [0.15, 0.2) is 11.0 Å². The van der Waals surface area contributed by atoms with Crippen LogP contribution in [0.2, 0.25) is 0 Å². The van der Waals surface area contributed by atoms with Crippen LogP contribution in [0.4, 0.5) is 14.5 Å². The number of nitrogens with zero attached hydrogens (tertiary/aromatic N) is 2. The average Bonchev–Trinajstić information content (AvgIpc) is 3.21. The fourth-order valence-corrected chi connectivity index (χ4v) is 5.77. The molecule has 1 saturated heterocycles. The van der Waals surface area contributed by atoms with Gasteiger partial charge in [-0.2, -0.15) is 0 Å². The van der Waals surface area contributed by atoms with Crippen LogP contribution in [0.15, 0.2) is 56.4 Å². The molecule has 0 amide bonds. The van der Waals surface area contributed by atoms with Crippen LogP contribution in [0.1, 0.15) is 39.7 Å². The van der Waals surface area contributed by atoms with Crippen molar-refractivity contribution in [2.45, 2.75) is 39.0 Å². The van der Waals surface area contributed by atoms with Gasteiger partial charge >= 0.3 is 0 Å². The standard InChI is InChI=1S/C19H17Br2F2N3OS.2C2H6/c20-12-9-15(25-7-5-24-6-8-25)18-13(19(22)23)11-26(16(18)10-12)28(27)17-4-2-1-3-14(17)21;2*1-2/h1-4,9-11,19,24H,5-8H2;2*1-2H3.